The maximum Gasteiger partial charge on any atom is 0.191 e. The zero-order chi connectivity index (χ0) is 20.5. The Labute approximate surface area is 198 Å². The molecule has 1 heterocycles. The van der Waals surface area contributed by atoms with Gasteiger partial charge < -0.3 is 20.3 Å². The van der Waals surface area contributed by atoms with Crippen LogP contribution in [0.2, 0.25) is 0 Å². The number of rotatable bonds is 7. The van der Waals surface area contributed by atoms with Crippen LogP contribution in [0, 0.1) is 0 Å². The number of hydrogen-bond acceptors (Lipinski definition) is 3. The van der Waals surface area contributed by atoms with Crippen LogP contribution >= 0.6 is 24.0 Å². The third-order valence-electron chi connectivity index (χ3n) is 5.45. The Balaban J connectivity index is 0.00000320. The molecule has 0 bridgehead atoms. The summed E-state index contributed by atoms with van der Waals surface area (Å²) in [4.78, 5) is 6.91. The molecule has 0 radical (unpaired) electrons. The van der Waals surface area contributed by atoms with Crippen molar-refractivity contribution in [3.8, 4) is 16.9 Å². The third-order valence-corrected chi connectivity index (χ3v) is 5.45. The van der Waals surface area contributed by atoms with Crippen molar-refractivity contribution >= 4 is 29.9 Å². The molecule has 0 spiro atoms. The average molecular weight is 522 g/mol. The van der Waals surface area contributed by atoms with Gasteiger partial charge in [-0.25, -0.2) is 0 Å². The van der Waals surface area contributed by atoms with Crippen molar-refractivity contribution in [2.24, 2.45) is 4.99 Å². The van der Waals surface area contributed by atoms with E-state index < -0.39 is 0 Å². The summed E-state index contributed by atoms with van der Waals surface area (Å²) in [5, 5.41) is 6.94. The largest absolute Gasteiger partial charge is 0.491 e. The quantitative estimate of drug-likeness (QED) is 0.245. The highest BCUT2D eigenvalue weighted by Gasteiger charge is 2.21. The topological polar surface area (TPSA) is 48.9 Å². The molecular formula is C24H35IN4O. The molecule has 1 saturated heterocycles. The van der Waals surface area contributed by atoms with Crippen LogP contribution in [-0.2, 0) is 0 Å². The molecule has 0 atom stereocenters. The maximum absolute atomic E-state index is 6.06. The second-order valence-electron chi connectivity index (χ2n) is 7.76. The van der Waals surface area contributed by atoms with Gasteiger partial charge in [0.1, 0.15) is 12.4 Å². The van der Waals surface area contributed by atoms with Crippen molar-refractivity contribution in [2.75, 3.05) is 33.3 Å². The first-order valence-corrected chi connectivity index (χ1v) is 10.7. The first-order valence-electron chi connectivity index (χ1n) is 10.7. The molecule has 3 rings (SSSR count). The van der Waals surface area contributed by atoms with Gasteiger partial charge in [-0.2, -0.15) is 0 Å². The Morgan fingerprint density at radius 3 is 2.40 bits per heavy atom. The zero-order valence-corrected chi connectivity index (χ0v) is 20.6. The molecule has 0 aromatic heterocycles. The highest BCUT2D eigenvalue weighted by atomic mass is 127. The van der Waals surface area contributed by atoms with Crippen molar-refractivity contribution < 1.29 is 4.74 Å². The molecule has 30 heavy (non-hydrogen) atoms. The zero-order valence-electron chi connectivity index (χ0n) is 18.3. The summed E-state index contributed by atoms with van der Waals surface area (Å²) in [6.45, 7) is 8.11. The standard InChI is InChI=1S/C24H34N4O.HI/c1-19(2)28-16-13-21(14-17-28)27-24(25-3)26-15-18-29-23-12-8-7-11-22(23)20-9-5-4-6-10-20;/h4-12,19,21H,13-18H2,1-3H3,(H2,25,26,27);1H. The fourth-order valence-electron chi connectivity index (χ4n) is 3.73. The van der Waals surface area contributed by atoms with E-state index in [1.54, 1.807) is 0 Å². The van der Waals surface area contributed by atoms with E-state index in [2.05, 4.69) is 64.7 Å². The molecule has 0 amide bonds. The fraction of sp³-hybridized carbons (Fsp3) is 0.458. The van der Waals surface area contributed by atoms with E-state index in [1.807, 2.05) is 31.3 Å². The molecule has 0 aliphatic carbocycles. The summed E-state index contributed by atoms with van der Waals surface area (Å²) in [7, 11) is 1.82. The number of benzene rings is 2. The Morgan fingerprint density at radius 2 is 1.73 bits per heavy atom. The first-order chi connectivity index (χ1) is 14.2. The number of ether oxygens (including phenoxy) is 1. The van der Waals surface area contributed by atoms with Gasteiger partial charge in [0.05, 0.1) is 6.54 Å². The number of nitrogens with zero attached hydrogens (tertiary/aromatic N) is 2. The molecule has 2 N–H and O–H groups in total. The summed E-state index contributed by atoms with van der Waals surface area (Å²) >= 11 is 0. The lowest BCUT2D eigenvalue weighted by atomic mass is 10.0. The van der Waals surface area contributed by atoms with Crippen LogP contribution in [0.1, 0.15) is 26.7 Å². The maximum atomic E-state index is 6.06. The van der Waals surface area contributed by atoms with E-state index in [0.29, 0.717) is 25.2 Å². The SMILES string of the molecule is CN=C(NCCOc1ccccc1-c1ccccc1)NC1CCN(C(C)C)CC1.I. The number of hydrogen-bond donors (Lipinski definition) is 2. The van der Waals surface area contributed by atoms with Crippen LogP contribution < -0.4 is 15.4 Å². The molecule has 1 fully saturated rings. The number of nitrogens with one attached hydrogen (secondary N) is 2. The molecule has 1 aliphatic heterocycles. The minimum atomic E-state index is 0. The smallest absolute Gasteiger partial charge is 0.191 e. The van der Waals surface area contributed by atoms with E-state index in [0.717, 1.165) is 43.2 Å². The summed E-state index contributed by atoms with van der Waals surface area (Å²) in [6.07, 6.45) is 2.31. The van der Waals surface area contributed by atoms with Crippen LogP contribution in [0.15, 0.2) is 59.6 Å². The summed E-state index contributed by atoms with van der Waals surface area (Å²) in [5.74, 6) is 1.76. The predicted octanol–water partition coefficient (Wildman–Crippen LogP) is 4.39. The second kappa shape index (κ2) is 12.8. The number of likely N-dealkylation sites (tertiary alicyclic amines) is 1. The average Bonchev–Trinajstić information content (AvgIpc) is 2.77. The van der Waals surface area contributed by atoms with Crippen LogP contribution in [0.3, 0.4) is 0 Å². The van der Waals surface area contributed by atoms with Gasteiger partial charge in [-0.05, 0) is 38.3 Å². The van der Waals surface area contributed by atoms with E-state index in [1.165, 1.54) is 5.56 Å². The molecule has 1 aliphatic rings. The monoisotopic (exact) mass is 522 g/mol. The Bertz CT molecular complexity index is 774. The molecule has 5 nitrogen and oxygen atoms in total. The molecule has 2 aromatic rings. The molecular weight excluding hydrogens is 487 g/mol. The Hall–Kier alpha value is -1.80. The van der Waals surface area contributed by atoms with Gasteiger partial charge in [-0.3, -0.25) is 4.99 Å². The molecule has 0 saturated carbocycles. The fourth-order valence-corrected chi connectivity index (χ4v) is 3.73. The summed E-state index contributed by atoms with van der Waals surface area (Å²) in [5.41, 5.74) is 2.29. The van der Waals surface area contributed by atoms with E-state index >= 15 is 0 Å². The predicted molar refractivity (Wildman–Crippen MR) is 137 cm³/mol. The van der Waals surface area contributed by atoms with E-state index in [-0.39, 0.29) is 24.0 Å². The number of aliphatic imine (C=N–C) groups is 1. The number of para-hydroxylation sites is 1. The van der Waals surface area contributed by atoms with Gasteiger partial charge in [0.25, 0.3) is 0 Å². The number of guanidine groups is 1. The highest BCUT2D eigenvalue weighted by molar-refractivity contribution is 14.0. The van der Waals surface area contributed by atoms with Gasteiger partial charge in [0, 0.05) is 37.8 Å². The van der Waals surface area contributed by atoms with Crippen LogP contribution in [-0.4, -0.2) is 56.2 Å². The van der Waals surface area contributed by atoms with Gasteiger partial charge >= 0.3 is 0 Å². The summed E-state index contributed by atoms with van der Waals surface area (Å²) < 4.78 is 6.06. The Kier molecular flexibility index (Phi) is 10.4. The lowest BCUT2D eigenvalue weighted by molar-refractivity contribution is 0.167. The highest BCUT2D eigenvalue weighted by Crippen LogP contribution is 2.29. The van der Waals surface area contributed by atoms with Crippen molar-refractivity contribution in [1.82, 2.24) is 15.5 Å². The molecule has 2 aromatic carbocycles. The third kappa shape index (κ3) is 7.16. The number of halogens is 1. The number of piperidine rings is 1. The summed E-state index contributed by atoms with van der Waals surface area (Å²) in [6, 6.07) is 19.6. The Morgan fingerprint density at radius 1 is 1.07 bits per heavy atom. The van der Waals surface area contributed by atoms with Gasteiger partial charge in [0.2, 0.25) is 0 Å². The van der Waals surface area contributed by atoms with Crippen LogP contribution in [0.5, 0.6) is 5.75 Å². The minimum absolute atomic E-state index is 0. The first kappa shape index (κ1) is 24.5. The van der Waals surface area contributed by atoms with Crippen molar-refractivity contribution in [3.63, 3.8) is 0 Å². The van der Waals surface area contributed by atoms with Gasteiger partial charge in [-0.1, -0.05) is 48.5 Å². The normalized spacial score (nSPS) is 15.5. The van der Waals surface area contributed by atoms with Crippen LogP contribution in [0.25, 0.3) is 11.1 Å². The van der Waals surface area contributed by atoms with E-state index in [9.17, 15) is 0 Å². The minimum Gasteiger partial charge on any atom is -0.491 e. The van der Waals surface area contributed by atoms with E-state index in [4.69, 9.17) is 4.74 Å². The van der Waals surface area contributed by atoms with Crippen molar-refractivity contribution in [3.05, 3.63) is 54.6 Å². The van der Waals surface area contributed by atoms with Crippen molar-refractivity contribution in [1.29, 1.82) is 0 Å². The lowest BCUT2D eigenvalue weighted by Crippen LogP contribution is -2.50. The van der Waals surface area contributed by atoms with Gasteiger partial charge in [-0.15, -0.1) is 24.0 Å². The second-order valence-corrected chi connectivity index (χ2v) is 7.76. The lowest BCUT2D eigenvalue weighted by Gasteiger charge is -2.35. The molecule has 0 unspecified atom stereocenters. The molecule has 164 valence electrons. The van der Waals surface area contributed by atoms with Crippen molar-refractivity contribution in [2.45, 2.75) is 38.8 Å². The molecule has 6 heteroatoms. The van der Waals surface area contributed by atoms with Gasteiger partial charge in [0.15, 0.2) is 5.96 Å². The van der Waals surface area contributed by atoms with Crippen LogP contribution in [0.4, 0.5) is 0 Å².